The van der Waals surface area contributed by atoms with E-state index in [1.165, 1.54) is 5.56 Å². The first-order chi connectivity index (χ1) is 9.15. The highest BCUT2D eigenvalue weighted by molar-refractivity contribution is 5.98. The second kappa shape index (κ2) is 5.61. The summed E-state index contributed by atoms with van der Waals surface area (Å²) in [5.41, 5.74) is 1.74. The molecule has 4 nitrogen and oxygen atoms in total. The van der Waals surface area contributed by atoms with Crippen molar-refractivity contribution in [3.8, 4) is 5.75 Å². The average molecular weight is 262 g/mol. The fourth-order valence-corrected chi connectivity index (χ4v) is 2.30. The van der Waals surface area contributed by atoms with E-state index < -0.39 is 0 Å². The number of aryl methyl sites for hydroxylation is 1. The monoisotopic (exact) mass is 262 g/mol. The van der Waals surface area contributed by atoms with Crippen LogP contribution in [0.15, 0.2) is 18.2 Å². The Hall–Kier alpha value is -1.55. The van der Waals surface area contributed by atoms with Crippen molar-refractivity contribution < 1.29 is 9.53 Å². The zero-order valence-corrected chi connectivity index (χ0v) is 11.9. The molecule has 0 radical (unpaired) electrons. The van der Waals surface area contributed by atoms with Gasteiger partial charge in [-0.25, -0.2) is 0 Å². The zero-order valence-electron chi connectivity index (χ0n) is 11.9. The predicted octanol–water partition coefficient (Wildman–Crippen LogP) is 2.20. The van der Waals surface area contributed by atoms with Crippen molar-refractivity contribution in [1.29, 1.82) is 0 Å². The molecule has 104 valence electrons. The van der Waals surface area contributed by atoms with Crippen LogP contribution in [0.4, 0.5) is 5.69 Å². The highest BCUT2D eigenvalue weighted by Crippen LogP contribution is 2.46. The highest BCUT2D eigenvalue weighted by Gasteiger charge is 2.49. The summed E-state index contributed by atoms with van der Waals surface area (Å²) in [6.45, 7) is 2.82. The Labute approximate surface area is 114 Å². The van der Waals surface area contributed by atoms with Crippen molar-refractivity contribution in [3.05, 3.63) is 23.8 Å². The van der Waals surface area contributed by atoms with Crippen LogP contribution in [0.25, 0.3) is 0 Å². The van der Waals surface area contributed by atoms with Crippen LogP contribution in [0, 0.1) is 5.41 Å². The maximum atomic E-state index is 12.3. The van der Waals surface area contributed by atoms with E-state index in [1.807, 2.05) is 25.2 Å². The Morgan fingerprint density at radius 3 is 2.68 bits per heavy atom. The van der Waals surface area contributed by atoms with Crippen LogP contribution in [-0.4, -0.2) is 26.6 Å². The first-order valence-corrected chi connectivity index (χ1v) is 6.78. The van der Waals surface area contributed by atoms with Crippen molar-refractivity contribution >= 4 is 11.6 Å². The molecule has 4 heteroatoms. The van der Waals surface area contributed by atoms with Gasteiger partial charge in [0, 0.05) is 6.54 Å². The minimum atomic E-state index is -0.220. The van der Waals surface area contributed by atoms with Crippen LogP contribution in [0.2, 0.25) is 0 Å². The third-order valence-corrected chi connectivity index (χ3v) is 3.77. The van der Waals surface area contributed by atoms with Gasteiger partial charge in [-0.3, -0.25) is 4.79 Å². The largest absolute Gasteiger partial charge is 0.495 e. The summed E-state index contributed by atoms with van der Waals surface area (Å²) in [6, 6.07) is 5.92. The van der Waals surface area contributed by atoms with Crippen LogP contribution in [-0.2, 0) is 11.2 Å². The fourth-order valence-electron chi connectivity index (χ4n) is 2.30. The van der Waals surface area contributed by atoms with Gasteiger partial charge in [-0.15, -0.1) is 0 Å². The number of nitrogens with one attached hydrogen (secondary N) is 2. The molecule has 2 rings (SSSR count). The molecule has 2 N–H and O–H groups in total. The Bertz CT molecular complexity index is 467. The minimum Gasteiger partial charge on any atom is -0.495 e. The number of hydrogen-bond acceptors (Lipinski definition) is 3. The van der Waals surface area contributed by atoms with Crippen molar-refractivity contribution in [1.82, 2.24) is 5.32 Å². The lowest BCUT2D eigenvalue weighted by Gasteiger charge is -2.17. The van der Waals surface area contributed by atoms with Gasteiger partial charge in [0.15, 0.2) is 0 Å². The molecule has 0 aromatic heterocycles. The summed E-state index contributed by atoms with van der Waals surface area (Å²) < 4.78 is 5.31. The van der Waals surface area contributed by atoms with Crippen LogP contribution in [0.3, 0.4) is 0 Å². The van der Waals surface area contributed by atoms with Gasteiger partial charge in [0.05, 0.1) is 18.2 Å². The molecule has 0 heterocycles. The second-order valence-electron chi connectivity index (χ2n) is 5.15. The van der Waals surface area contributed by atoms with Crippen molar-refractivity contribution in [3.63, 3.8) is 0 Å². The SMILES string of the molecule is CCc1ccc(OC)c(NC(=O)C2(CNC)CC2)c1. The van der Waals surface area contributed by atoms with Crippen molar-refractivity contribution in [2.75, 3.05) is 26.0 Å². The van der Waals surface area contributed by atoms with Gasteiger partial charge in [-0.1, -0.05) is 13.0 Å². The van der Waals surface area contributed by atoms with E-state index in [1.54, 1.807) is 7.11 Å². The molecule has 0 atom stereocenters. The first-order valence-electron chi connectivity index (χ1n) is 6.78. The normalized spacial score (nSPS) is 15.9. The average Bonchev–Trinajstić information content (AvgIpc) is 3.20. The van der Waals surface area contributed by atoms with Gasteiger partial charge in [-0.2, -0.15) is 0 Å². The van der Waals surface area contributed by atoms with E-state index in [9.17, 15) is 4.79 Å². The lowest BCUT2D eigenvalue weighted by Crippen LogP contribution is -2.32. The number of methoxy groups -OCH3 is 1. The number of carbonyl (C=O) groups excluding carboxylic acids is 1. The lowest BCUT2D eigenvalue weighted by molar-refractivity contribution is -0.121. The van der Waals surface area contributed by atoms with Gasteiger partial charge in [0.25, 0.3) is 0 Å². The van der Waals surface area contributed by atoms with Crippen LogP contribution in [0.1, 0.15) is 25.3 Å². The van der Waals surface area contributed by atoms with Crippen LogP contribution in [0.5, 0.6) is 5.75 Å². The molecule has 1 amide bonds. The van der Waals surface area contributed by atoms with Crippen LogP contribution >= 0.6 is 0 Å². The number of amides is 1. The maximum absolute atomic E-state index is 12.3. The molecule has 0 saturated heterocycles. The molecular formula is C15H22N2O2. The smallest absolute Gasteiger partial charge is 0.231 e. The number of ether oxygens (including phenoxy) is 1. The van der Waals surface area contributed by atoms with E-state index in [2.05, 4.69) is 17.6 Å². The van der Waals surface area contributed by atoms with Crippen molar-refractivity contribution in [2.45, 2.75) is 26.2 Å². The van der Waals surface area contributed by atoms with Gasteiger partial charge in [-0.05, 0) is 44.0 Å². The molecule has 1 aromatic rings. The summed E-state index contributed by atoms with van der Waals surface area (Å²) in [5, 5.41) is 6.12. The Morgan fingerprint density at radius 2 is 2.16 bits per heavy atom. The number of rotatable bonds is 6. The summed E-state index contributed by atoms with van der Waals surface area (Å²) in [6.07, 6.45) is 2.85. The Balaban J connectivity index is 2.16. The predicted molar refractivity (Wildman–Crippen MR) is 76.6 cm³/mol. The van der Waals surface area contributed by atoms with Gasteiger partial charge in [0.2, 0.25) is 5.91 Å². The van der Waals surface area contributed by atoms with E-state index in [4.69, 9.17) is 4.74 Å². The first kappa shape index (κ1) is 13.9. The third-order valence-electron chi connectivity index (χ3n) is 3.77. The number of benzene rings is 1. The maximum Gasteiger partial charge on any atom is 0.231 e. The van der Waals surface area contributed by atoms with E-state index in [-0.39, 0.29) is 11.3 Å². The van der Waals surface area contributed by atoms with Gasteiger partial charge < -0.3 is 15.4 Å². The summed E-state index contributed by atoms with van der Waals surface area (Å²) in [5.74, 6) is 0.805. The second-order valence-corrected chi connectivity index (χ2v) is 5.15. The van der Waals surface area contributed by atoms with Crippen LogP contribution < -0.4 is 15.4 Å². The molecule has 0 bridgehead atoms. The molecule has 1 fully saturated rings. The quantitative estimate of drug-likeness (QED) is 0.826. The molecule has 0 spiro atoms. The summed E-state index contributed by atoms with van der Waals surface area (Å²) in [7, 11) is 3.50. The standard InChI is InChI=1S/C15H22N2O2/c1-4-11-5-6-13(19-3)12(9-11)17-14(18)15(7-8-15)10-16-2/h5-6,9,16H,4,7-8,10H2,1-3H3,(H,17,18). The fraction of sp³-hybridized carbons (Fsp3) is 0.533. The lowest BCUT2D eigenvalue weighted by atomic mass is 10.1. The zero-order chi connectivity index (χ0) is 13.9. The van der Waals surface area contributed by atoms with Gasteiger partial charge in [0.1, 0.15) is 5.75 Å². The molecule has 0 unspecified atom stereocenters. The summed E-state index contributed by atoms with van der Waals surface area (Å²) in [4.78, 5) is 12.3. The van der Waals surface area contributed by atoms with E-state index in [0.717, 1.165) is 31.5 Å². The third kappa shape index (κ3) is 2.89. The Morgan fingerprint density at radius 1 is 1.42 bits per heavy atom. The summed E-state index contributed by atoms with van der Waals surface area (Å²) >= 11 is 0. The molecule has 0 aliphatic heterocycles. The van der Waals surface area contributed by atoms with Gasteiger partial charge >= 0.3 is 0 Å². The molecule has 1 aliphatic rings. The minimum absolute atomic E-state index is 0.0911. The topological polar surface area (TPSA) is 50.4 Å². The number of anilines is 1. The molecule has 1 aromatic carbocycles. The highest BCUT2D eigenvalue weighted by atomic mass is 16.5. The molecule has 1 aliphatic carbocycles. The number of hydrogen-bond donors (Lipinski definition) is 2. The molecule has 19 heavy (non-hydrogen) atoms. The van der Waals surface area contributed by atoms with Crippen molar-refractivity contribution in [2.24, 2.45) is 5.41 Å². The van der Waals surface area contributed by atoms with E-state index in [0.29, 0.717) is 5.75 Å². The van der Waals surface area contributed by atoms with E-state index >= 15 is 0 Å². The number of carbonyl (C=O) groups is 1. The molecular weight excluding hydrogens is 240 g/mol. The Kier molecular flexibility index (Phi) is 4.10. The molecule has 1 saturated carbocycles.